The van der Waals surface area contributed by atoms with Gasteiger partial charge in [0, 0.05) is 6.04 Å². The fourth-order valence-corrected chi connectivity index (χ4v) is 2.95. The lowest BCUT2D eigenvalue weighted by Crippen LogP contribution is -2.45. The molecule has 3 unspecified atom stereocenters. The van der Waals surface area contributed by atoms with E-state index in [4.69, 9.17) is 0 Å². The summed E-state index contributed by atoms with van der Waals surface area (Å²) in [6, 6.07) is 0.454. The van der Waals surface area contributed by atoms with Gasteiger partial charge in [-0.25, -0.2) is 0 Å². The van der Waals surface area contributed by atoms with Crippen molar-refractivity contribution < 1.29 is 4.79 Å². The Kier molecular flexibility index (Phi) is 6.13. The third-order valence-corrected chi connectivity index (χ3v) is 3.87. The van der Waals surface area contributed by atoms with Gasteiger partial charge in [0.15, 0.2) is 0 Å². The molecule has 106 valence electrons. The fourth-order valence-electron chi connectivity index (χ4n) is 2.95. The maximum atomic E-state index is 12.5. The highest BCUT2D eigenvalue weighted by Gasteiger charge is 2.40. The normalized spacial score (nSPS) is 26.1. The molecular formula is C15H30N2O. The molecule has 0 bridgehead atoms. The Morgan fingerprint density at radius 3 is 2.39 bits per heavy atom. The van der Waals surface area contributed by atoms with Crippen LogP contribution in [0, 0.1) is 5.92 Å². The van der Waals surface area contributed by atoms with Crippen molar-refractivity contribution in [1.29, 1.82) is 0 Å². The second kappa shape index (κ2) is 7.13. The molecule has 0 aromatic heterocycles. The summed E-state index contributed by atoms with van der Waals surface area (Å²) < 4.78 is 0. The van der Waals surface area contributed by atoms with Gasteiger partial charge >= 0.3 is 0 Å². The summed E-state index contributed by atoms with van der Waals surface area (Å²) >= 11 is 0. The van der Waals surface area contributed by atoms with Crippen LogP contribution < -0.4 is 5.32 Å². The minimum atomic E-state index is 0.0413. The van der Waals surface area contributed by atoms with Gasteiger partial charge in [0.2, 0.25) is 5.91 Å². The molecule has 0 spiro atoms. The van der Waals surface area contributed by atoms with Crippen LogP contribution in [-0.2, 0) is 4.79 Å². The van der Waals surface area contributed by atoms with Gasteiger partial charge < -0.3 is 4.90 Å². The maximum absolute atomic E-state index is 12.5. The molecule has 1 N–H and O–H groups in total. The predicted octanol–water partition coefficient (Wildman–Crippen LogP) is 3.15. The third kappa shape index (κ3) is 3.47. The summed E-state index contributed by atoms with van der Waals surface area (Å²) in [5, 5.41) is 3.52. The fraction of sp³-hybridized carbons (Fsp3) is 0.933. The summed E-state index contributed by atoms with van der Waals surface area (Å²) in [5.74, 6) is 0.941. The number of nitrogens with zero attached hydrogens (tertiary/aromatic N) is 1. The molecule has 1 rings (SSSR count). The van der Waals surface area contributed by atoms with Crippen LogP contribution >= 0.6 is 0 Å². The topological polar surface area (TPSA) is 32.3 Å². The van der Waals surface area contributed by atoms with Gasteiger partial charge in [0.25, 0.3) is 0 Å². The van der Waals surface area contributed by atoms with Gasteiger partial charge in [0.05, 0.1) is 12.2 Å². The number of rotatable bonds is 7. The third-order valence-electron chi connectivity index (χ3n) is 3.87. The Balaban J connectivity index is 2.82. The molecule has 3 nitrogen and oxygen atoms in total. The minimum absolute atomic E-state index is 0.0413. The molecule has 0 aromatic carbocycles. The van der Waals surface area contributed by atoms with E-state index >= 15 is 0 Å². The van der Waals surface area contributed by atoms with E-state index in [1.54, 1.807) is 0 Å². The van der Waals surface area contributed by atoms with Crippen molar-refractivity contribution in [2.75, 3.05) is 0 Å². The number of hydrogen-bond acceptors (Lipinski definition) is 2. The second-order valence-electron chi connectivity index (χ2n) is 5.87. The Bertz CT molecular complexity index is 265. The van der Waals surface area contributed by atoms with Gasteiger partial charge in [-0.05, 0) is 31.6 Å². The zero-order chi connectivity index (χ0) is 13.7. The Morgan fingerprint density at radius 1 is 1.28 bits per heavy atom. The van der Waals surface area contributed by atoms with Crippen molar-refractivity contribution in [3.63, 3.8) is 0 Å². The smallest absolute Gasteiger partial charge is 0.241 e. The van der Waals surface area contributed by atoms with Gasteiger partial charge in [-0.2, -0.15) is 0 Å². The molecule has 0 aliphatic carbocycles. The van der Waals surface area contributed by atoms with Crippen LogP contribution in [0.5, 0.6) is 0 Å². The SMILES string of the molecule is CCCC(CC)N1C(=O)C(CC)NC1CC(C)C. The van der Waals surface area contributed by atoms with E-state index in [1.165, 1.54) is 0 Å². The molecule has 1 aliphatic heterocycles. The van der Waals surface area contributed by atoms with Crippen LogP contribution in [0.25, 0.3) is 0 Å². The number of carbonyl (C=O) groups excluding carboxylic acids is 1. The van der Waals surface area contributed by atoms with Crippen LogP contribution in [0.2, 0.25) is 0 Å². The number of carbonyl (C=O) groups is 1. The molecule has 0 saturated carbocycles. The lowest BCUT2D eigenvalue weighted by molar-refractivity contribution is -0.132. The van der Waals surface area contributed by atoms with Crippen molar-refractivity contribution in [2.45, 2.75) is 85.0 Å². The Morgan fingerprint density at radius 2 is 1.94 bits per heavy atom. The highest BCUT2D eigenvalue weighted by Crippen LogP contribution is 2.25. The number of hydrogen-bond donors (Lipinski definition) is 1. The predicted molar refractivity (Wildman–Crippen MR) is 76.3 cm³/mol. The zero-order valence-electron chi connectivity index (χ0n) is 12.7. The first-order valence-electron chi connectivity index (χ1n) is 7.63. The summed E-state index contributed by atoms with van der Waals surface area (Å²) in [6.45, 7) is 10.9. The maximum Gasteiger partial charge on any atom is 0.241 e. The van der Waals surface area contributed by atoms with Gasteiger partial charge in [0.1, 0.15) is 0 Å². The summed E-state index contributed by atoms with van der Waals surface area (Å²) in [7, 11) is 0. The van der Waals surface area contributed by atoms with Crippen LogP contribution in [0.15, 0.2) is 0 Å². The van der Waals surface area contributed by atoms with Crippen molar-refractivity contribution in [3.8, 4) is 0 Å². The molecule has 1 amide bonds. The van der Waals surface area contributed by atoms with Crippen LogP contribution in [0.4, 0.5) is 0 Å². The molecule has 1 aliphatic rings. The molecule has 3 heteroatoms. The Labute approximate surface area is 112 Å². The van der Waals surface area contributed by atoms with E-state index in [0.29, 0.717) is 17.9 Å². The second-order valence-corrected chi connectivity index (χ2v) is 5.87. The summed E-state index contributed by atoms with van der Waals surface area (Å²) in [5.41, 5.74) is 0. The molecule has 1 fully saturated rings. The highest BCUT2D eigenvalue weighted by atomic mass is 16.2. The molecule has 0 aromatic rings. The van der Waals surface area contributed by atoms with Crippen molar-refractivity contribution in [1.82, 2.24) is 10.2 Å². The van der Waals surface area contributed by atoms with Gasteiger partial charge in [-0.15, -0.1) is 0 Å². The lowest BCUT2D eigenvalue weighted by atomic mass is 10.0. The molecular weight excluding hydrogens is 224 g/mol. The quantitative estimate of drug-likeness (QED) is 0.757. The Hall–Kier alpha value is -0.570. The molecule has 1 saturated heterocycles. The van der Waals surface area contributed by atoms with E-state index in [-0.39, 0.29) is 12.2 Å². The first kappa shape index (κ1) is 15.5. The lowest BCUT2D eigenvalue weighted by Gasteiger charge is -2.33. The van der Waals surface area contributed by atoms with Crippen LogP contribution in [0.1, 0.15) is 66.7 Å². The van der Waals surface area contributed by atoms with E-state index in [0.717, 1.165) is 32.1 Å². The van der Waals surface area contributed by atoms with Crippen molar-refractivity contribution in [3.05, 3.63) is 0 Å². The summed E-state index contributed by atoms with van der Waals surface area (Å²) in [4.78, 5) is 14.6. The van der Waals surface area contributed by atoms with Gasteiger partial charge in [-0.3, -0.25) is 10.1 Å². The van der Waals surface area contributed by atoms with Crippen molar-refractivity contribution in [2.24, 2.45) is 5.92 Å². The molecule has 0 radical (unpaired) electrons. The average Bonchev–Trinajstić information content (AvgIpc) is 2.62. The molecule has 3 atom stereocenters. The van der Waals surface area contributed by atoms with Crippen LogP contribution in [-0.4, -0.2) is 29.1 Å². The minimum Gasteiger partial charge on any atom is -0.323 e. The van der Waals surface area contributed by atoms with Crippen molar-refractivity contribution >= 4 is 5.91 Å². The number of nitrogens with one attached hydrogen (secondary N) is 1. The first-order valence-corrected chi connectivity index (χ1v) is 7.63. The molecule has 1 heterocycles. The van der Waals surface area contributed by atoms with E-state index in [1.807, 2.05) is 0 Å². The van der Waals surface area contributed by atoms with E-state index in [9.17, 15) is 4.79 Å². The monoisotopic (exact) mass is 254 g/mol. The van der Waals surface area contributed by atoms with E-state index < -0.39 is 0 Å². The highest BCUT2D eigenvalue weighted by molar-refractivity contribution is 5.84. The molecule has 18 heavy (non-hydrogen) atoms. The van der Waals surface area contributed by atoms with Gasteiger partial charge in [-0.1, -0.05) is 41.0 Å². The largest absolute Gasteiger partial charge is 0.323 e. The van der Waals surface area contributed by atoms with E-state index in [2.05, 4.69) is 44.8 Å². The zero-order valence-corrected chi connectivity index (χ0v) is 12.7. The van der Waals surface area contributed by atoms with Crippen LogP contribution in [0.3, 0.4) is 0 Å². The number of amides is 1. The standard InChI is InChI=1S/C15H30N2O/c1-6-9-12(7-2)17-14(10-11(4)5)16-13(8-3)15(17)18/h11-14,16H,6-10H2,1-5H3. The average molecular weight is 254 g/mol. The summed E-state index contributed by atoms with van der Waals surface area (Å²) in [6.07, 6.45) is 5.53. The first-order chi connectivity index (χ1) is 8.54.